The lowest BCUT2D eigenvalue weighted by atomic mass is 10.0. The number of nitrogens with two attached hydrogens (primary N) is 1. The van der Waals surface area contributed by atoms with Crippen LogP contribution in [0.1, 0.15) is 47.2 Å². The minimum atomic E-state index is -0.969. The van der Waals surface area contributed by atoms with Gasteiger partial charge in [-0.05, 0) is 74.1 Å². The Balaban J connectivity index is 1.61. The van der Waals surface area contributed by atoms with Gasteiger partial charge in [-0.25, -0.2) is 18.7 Å². The largest absolute Gasteiger partial charge is 0.469 e. The first-order valence-electron chi connectivity index (χ1n) is 12.1. The highest BCUT2D eigenvalue weighted by Gasteiger charge is 2.26. The Bertz CT molecular complexity index is 1390. The Morgan fingerprint density at radius 3 is 2.66 bits per heavy atom. The van der Waals surface area contributed by atoms with Crippen molar-refractivity contribution in [3.05, 3.63) is 83.8 Å². The zero-order valence-corrected chi connectivity index (χ0v) is 21.4. The molecule has 198 valence electrons. The molecule has 1 saturated carbocycles. The topological polar surface area (TPSA) is 110 Å². The van der Waals surface area contributed by atoms with Crippen molar-refractivity contribution in [3.63, 3.8) is 0 Å². The molecule has 0 bridgehead atoms. The van der Waals surface area contributed by atoms with Gasteiger partial charge in [0, 0.05) is 18.3 Å². The van der Waals surface area contributed by atoms with Gasteiger partial charge in [-0.15, -0.1) is 0 Å². The van der Waals surface area contributed by atoms with E-state index in [1.807, 2.05) is 0 Å². The predicted molar refractivity (Wildman–Crippen MR) is 140 cm³/mol. The number of benzene rings is 2. The van der Waals surface area contributed by atoms with Gasteiger partial charge in [0.05, 0.1) is 17.8 Å². The van der Waals surface area contributed by atoms with Crippen LogP contribution >= 0.6 is 0 Å². The summed E-state index contributed by atoms with van der Waals surface area (Å²) < 4.78 is 35.3. The quantitative estimate of drug-likeness (QED) is 0.316. The highest BCUT2D eigenvalue weighted by Crippen LogP contribution is 2.40. The van der Waals surface area contributed by atoms with Gasteiger partial charge in [0.2, 0.25) is 5.91 Å². The summed E-state index contributed by atoms with van der Waals surface area (Å²) in [5.74, 6) is -1.81. The van der Waals surface area contributed by atoms with Crippen molar-refractivity contribution < 1.29 is 23.1 Å². The fourth-order valence-electron chi connectivity index (χ4n) is 4.05. The van der Waals surface area contributed by atoms with Crippen LogP contribution in [0.25, 0.3) is 11.3 Å². The lowest BCUT2D eigenvalue weighted by Gasteiger charge is -2.29. The van der Waals surface area contributed by atoms with E-state index in [-0.39, 0.29) is 28.6 Å². The number of carbonyl (C=O) groups excluding carboxylic acids is 2. The second kappa shape index (κ2) is 11.1. The third-order valence-corrected chi connectivity index (χ3v) is 6.71. The molecule has 1 aliphatic carbocycles. The van der Waals surface area contributed by atoms with E-state index in [1.54, 1.807) is 27.0 Å². The smallest absolute Gasteiger partial charge is 0.258 e. The summed E-state index contributed by atoms with van der Waals surface area (Å²) in [5, 5.41) is 2.61. The van der Waals surface area contributed by atoms with Crippen LogP contribution in [0.2, 0.25) is 0 Å². The van der Waals surface area contributed by atoms with Gasteiger partial charge >= 0.3 is 0 Å². The highest BCUT2D eigenvalue weighted by molar-refractivity contribution is 6.05. The van der Waals surface area contributed by atoms with Gasteiger partial charge < -0.3 is 15.0 Å². The van der Waals surface area contributed by atoms with Gasteiger partial charge in [-0.2, -0.15) is 0 Å². The van der Waals surface area contributed by atoms with E-state index < -0.39 is 29.8 Å². The minimum Gasteiger partial charge on any atom is -0.469 e. The van der Waals surface area contributed by atoms with E-state index >= 15 is 0 Å². The molecule has 2 aromatic carbocycles. The van der Waals surface area contributed by atoms with Crippen LogP contribution in [0.15, 0.2) is 55.5 Å². The number of hydrogen-bond donors (Lipinski definition) is 2. The molecule has 0 radical (unpaired) electrons. The Labute approximate surface area is 219 Å². The zero-order chi connectivity index (χ0) is 27.6. The number of aromatic nitrogens is 2. The molecule has 2 amide bonds. The molecule has 1 aromatic heterocycles. The molecule has 0 unspecified atom stereocenters. The predicted octanol–water partition coefficient (Wildman–Crippen LogP) is 4.56. The summed E-state index contributed by atoms with van der Waals surface area (Å²) in [4.78, 5) is 34.5. The lowest BCUT2D eigenvalue weighted by molar-refractivity contribution is -0.128. The highest BCUT2D eigenvalue weighted by atomic mass is 19.1. The molecule has 0 spiro atoms. The molecule has 2 atom stereocenters. The summed E-state index contributed by atoms with van der Waals surface area (Å²) in [7, 11) is 1.56. The first-order chi connectivity index (χ1) is 18.1. The molecule has 4 rings (SSSR count). The van der Waals surface area contributed by atoms with Gasteiger partial charge in [0.1, 0.15) is 23.7 Å². The zero-order valence-electron chi connectivity index (χ0n) is 21.4. The first-order valence-corrected chi connectivity index (χ1v) is 12.1. The average Bonchev–Trinajstić information content (AvgIpc) is 3.75. The maximum Gasteiger partial charge on any atom is 0.258 e. The fraction of sp³-hybridized carbons (Fsp3) is 0.286. The molecule has 3 N–H and O–H groups in total. The second-order valence-electron chi connectivity index (χ2n) is 9.31. The summed E-state index contributed by atoms with van der Waals surface area (Å²) in [6.07, 6.45) is 4.87. The monoisotopic (exact) mass is 521 g/mol. The van der Waals surface area contributed by atoms with Crippen molar-refractivity contribution in [1.29, 1.82) is 0 Å². The maximum atomic E-state index is 14.7. The van der Waals surface area contributed by atoms with E-state index in [9.17, 15) is 18.4 Å². The first kappa shape index (κ1) is 26.9. The number of amides is 2. The number of nitrogens with one attached hydrogen (secondary N) is 1. The van der Waals surface area contributed by atoms with Crippen LogP contribution in [0.5, 0.6) is 5.75 Å². The normalized spacial score (nSPS) is 14.4. The van der Waals surface area contributed by atoms with Crippen LogP contribution in [0.4, 0.5) is 14.5 Å². The third kappa shape index (κ3) is 5.70. The Kier molecular flexibility index (Phi) is 7.82. The van der Waals surface area contributed by atoms with Crippen molar-refractivity contribution >= 4 is 17.5 Å². The average molecular weight is 522 g/mol. The van der Waals surface area contributed by atoms with Crippen molar-refractivity contribution in [2.75, 3.05) is 12.4 Å². The van der Waals surface area contributed by atoms with Gasteiger partial charge in [-0.3, -0.25) is 15.3 Å². The van der Waals surface area contributed by atoms with Crippen molar-refractivity contribution in [3.8, 4) is 17.0 Å². The standard InChI is InChI=1S/C28H29F2N5O3/c1-5-25(36)35(4)16(3)27(31)38-24-13-32-14-33-26(24)21-11-19(29)12-23(15(21)2)34-28(37)20-9-8-18(10-22(20)30)17-6-7-17/h5,8-14,16-17,27H,1,6-7,31H2,2-4H3,(H,34,37)/t16-,27-/m0/s1. The van der Waals surface area contributed by atoms with Crippen LogP contribution in [-0.4, -0.2) is 46.0 Å². The van der Waals surface area contributed by atoms with Crippen LogP contribution in [0.3, 0.4) is 0 Å². The van der Waals surface area contributed by atoms with E-state index in [4.69, 9.17) is 10.5 Å². The van der Waals surface area contributed by atoms with E-state index in [1.165, 1.54) is 41.7 Å². The molecular formula is C28H29F2N5O3. The van der Waals surface area contributed by atoms with Crippen molar-refractivity contribution in [2.45, 2.75) is 44.9 Å². The Morgan fingerprint density at radius 1 is 1.26 bits per heavy atom. The van der Waals surface area contributed by atoms with E-state index in [2.05, 4.69) is 21.9 Å². The summed E-state index contributed by atoms with van der Waals surface area (Å²) in [6.45, 7) is 6.84. The van der Waals surface area contributed by atoms with Crippen LogP contribution < -0.4 is 15.8 Å². The SMILES string of the molecule is C=CC(=O)N(C)[C@@H](C)[C@@H](N)Oc1cncnc1-c1cc(F)cc(NC(=O)c2ccc(C3CC3)cc2F)c1C. The molecule has 38 heavy (non-hydrogen) atoms. The van der Waals surface area contributed by atoms with Gasteiger partial charge in [0.15, 0.2) is 12.0 Å². The summed E-state index contributed by atoms with van der Waals surface area (Å²) >= 11 is 0. The molecular weight excluding hydrogens is 492 g/mol. The number of likely N-dealkylation sites (N-methyl/N-ethyl adjacent to an activating group) is 1. The van der Waals surface area contributed by atoms with Crippen LogP contribution in [-0.2, 0) is 4.79 Å². The maximum absolute atomic E-state index is 14.7. The van der Waals surface area contributed by atoms with Crippen molar-refractivity contribution in [2.24, 2.45) is 5.73 Å². The summed E-state index contributed by atoms with van der Waals surface area (Å²) in [5.41, 5.74) is 8.09. The molecule has 3 aromatic rings. The number of carbonyl (C=O) groups is 2. The molecule has 1 heterocycles. The fourth-order valence-corrected chi connectivity index (χ4v) is 4.05. The number of halogens is 2. The Morgan fingerprint density at radius 2 is 2.00 bits per heavy atom. The number of hydrogen-bond acceptors (Lipinski definition) is 6. The second-order valence-corrected chi connectivity index (χ2v) is 9.31. The van der Waals surface area contributed by atoms with Gasteiger partial charge in [-0.1, -0.05) is 12.6 Å². The van der Waals surface area contributed by atoms with E-state index in [0.717, 1.165) is 24.5 Å². The molecule has 0 aliphatic heterocycles. The Hall–Kier alpha value is -4.18. The van der Waals surface area contributed by atoms with E-state index in [0.29, 0.717) is 17.0 Å². The number of nitrogens with zero attached hydrogens (tertiary/aromatic N) is 3. The van der Waals surface area contributed by atoms with Crippen molar-refractivity contribution in [1.82, 2.24) is 14.9 Å². The summed E-state index contributed by atoms with van der Waals surface area (Å²) in [6, 6.07) is 6.42. The number of anilines is 1. The molecule has 0 saturated heterocycles. The molecule has 1 aliphatic rings. The third-order valence-electron chi connectivity index (χ3n) is 6.71. The van der Waals surface area contributed by atoms with Crippen LogP contribution in [0, 0.1) is 18.6 Å². The molecule has 8 nitrogen and oxygen atoms in total. The molecule has 10 heteroatoms. The minimum absolute atomic E-state index is 0.135. The number of rotatable bonds is 9. The van der Waals surface area contributed by atoms with Gasteiger partial charge in [0.25, 0.3) is 5.91 Å². The molecule has 1 fully saturated rings. The lowest BCUT2D eigenvalue weighted by Crippen LogP contribution is -2.49. The number of ether oxygens (including phenoxy) is 1.